The molecule has 0 aliphatic heterocycles. The van der Waals surface area contributed by atoms with Crippen LogP contribution in [0.25, 0.3) is 54.6 Å². The van der Waals surface area contributed by atoms with Crippen molar-refractivity contribution in [3.63, 3.8) is 0 Å². The number of unbranched alkanes of at least 4 members (excludes halogenated alkanes) is 10. The van der Waals surface area contributed by atoms with E-state index in [0.29, 0.717) is 0 Å². The normalized spacial score (nSPS) is 13.6. The first-order chi connectivity index (χ1) is 22.6. The summed E-state index contributed by atoms with van der Waals surface area (Å²) in [6, 6.07) is 35.4. The summed E-state index contributed by atoms with van der Waals surface area (Å²) in [5, 5.41) is 8.09. The van der Waals surface area contributed by atoms with Crippen LogP contribution < -0.4 is 0 Å². The molecule has 0 bridgehead atoms. The standard InChI is InChI=1S/C45H49Br/c1-3-5-7-9-11-15-26-45(27-16-12-10-8-6-4-2)41-21-14-13-18-39(41)40-20-17-19-38(44(40)45)36-28-32-22-24-34-30-37(46)31-35-25-23-33(29-36)42(32)43(34)35/h13-14,17-25,28-31H,3-12,15-16,26-27H2,1-2H3. The summed E-state index contributed by atoms with van der Waals surface area (Å²) in [4.78, 5) is 0. The van der Waals surface area contributed by atoms with Crippen molar-refractivity contribution in [2.45, 2.75) is 109 Å². The number of hydrogen-bond acceptors (Lipinski definition) is 0. The van der Waals surface area contributed by atoms with Crippen molar-refractivity contribution in [2.75, 3.05) is 0 Å². The number of fused-ring (bicyclic) bond motifs is 3. The van der Waals surface area contributed by atoms with E-state index in [0.717, 1.165) is 4.47 Å². The van der Waals surface area contributed by atoms with Gasteiger partial charge in [-0.2, -0.15) is 0 Å². The third kappa shape index (κ3) is 5.79. The SMILES string of the molecule is CCCCCCCCC1(CCCCCCCC)c2ccccc2-c2cccc(-c3cc4ccc5cc(Br)cc6ccc(c3)c4c56)c21. The van der Waals surface area contributed by atoms with Crippen molar-refractivity contribution in [1.82, 2.24) is 0 Å². The summed E-state index contributed by atoms with van der Waals surface area (Å²) in [6.07, 6.45) is 18.6. The Morgan fingerprint density at radius 1 is 0.478 bits per heavy atom. The molecule has 0 heterocycles. The summed E-state index contributed by atoms with van der Waals surface area (Å²) in [5.41, 5.74) is 9.02. The quantitative estimate of drug-likeness (QED) is 0.0754. The molecule has 1 aliphatic carbocycles. The maximum absolute atomic E-state index is 3.74. The van der Waals surface area contributed by atoms with Crippen LogP contribution in [-0.4, -0.2) is 0 Å². The summed E-state index contributed by atoms with van der Waals surface area (Å²) < 4.78 is 1.14. The van der Waals surface area contributed by atoms with E-state index in [9.17, 15) is 0 Å². The van der Waals surface area contributed by atoms with E-state index >= 15 is 0 Å². The van der Waals surface area contributed by atoms with E-state index in [4.69, 9.17) is 0 Å². The number of rotatable bonds is 15. The summed E-state index contributed by atoms with van der Waals surface area (Å²) in [5.74, 6) is 0. The zero-order valence-corrected chi connectivity index (χ0v) is 29.5. The maximum Gasteiger partial charge on any atom is 0.0221 e. The second-order valence-corrected chi connectivity index (χ2v) is 15.0. The number of halogens is 1. The Morgan fingerprint density at radius 3 is 1.54 bits per heavy atom. The Morgan fingerprint density at radius 2 is 0.957 bits per heavy atom. The van der Waals surface area contributed by atoms with Crippen molar-refractivity contribution in [2.24, 2.45) is 0 Å². The number of hydrogen-bond donors (Lipinski definition) is 0. The fourth-order valence-corrected chi connectivity index (χ4v) is 9.31. The molecule has 0 saturated carbocycles. The molecule has 0 fully saturated rings. The average Bonchev–Trinajstić information content (AvgIpc) is 3.36. The minimum atomic E-state index is 0.0723. The highest BCUT2D eigenvalue weighted by atomic mass is 79.9. The molecule has 0 nitrogen and oxygen atoms in total. The third-order valence-electron chi connectivity index (χ3n) is 11.0. The lowest BCUT2D eigenvalue weighted by atomic mass is 9.68. The van der Waals surface area contributed by atoms with Gasteiger partial charge in [0.1, 0.15) is 0 Å². The lowest BCUT2D eigenvalue weighted by Gasteiger charge is -2.34. The van der Waals surface area contributed by atoms with Gasteiger partial charge >= 0.3 is 0 Å². The molecule has 0 radical (unpaired) electrons. The first kappa shape index (κ1) is 31.4. The van der Waals surface area contributed by atoms with E-state index < -0.39 is 0 Å². The van der Waals surface area contributed by atoms with Gasteiger partial charge in [0.25, 0.3) is 0 Å². The highest BCUT2D eigenvalue weighted by molar-refractivity contribution is 9.10. The smallest absolute Gasteiger partial charge is 0.0221 e. The fourth-order valence-electron chi connectivity index (χ4n) is 8.82. The molecule has 1 heteroatoms. The Hall–Kier alpha value is -3.16. The Kier molecular flexibility index (Phi) is 9.50. The van der Waals surface area contributed by atoms with E-state index in [1.165, 1.54) is 144 Å². The Labute approximate surface area is 285 Å². The molecule has 6 aromatic carbocycles. The maximum atomic E-state index is 3.74. The highest BCUT2D eigenvalue weighted by Crippen LogP contribution is 2.57. The van der Waals surface area contributed by atoms with Crippen molar-refractivity contribution in [3.05, 3.63) is 107 Å². The lowest BCUT2D eigenvalue weighted by Crippen LogP contribution is -2.26. The van der Waals surface area contributed by atoms with Crippen LogP contribution in [0.4, 0.5) is 0 Å². The van der Waals surface area contributed by atoms with Gasteiger partial charge in [-0.05, 0) is 103 Å². The van der Waals surface area contributed by atoms with Crippen molar-refractivity contribution in [3.8, 4) is 22.3 Å². The van der Waals surface area contributed by atoms with Crippen molar-refractivity contribution < 1.29 is 0 Å². The van der Waals surface area contributed by atoms with E-state index in [1.807, 2.05) is 0 Å². The predicted octanol–water partition coefficient (Wildman–Crippen LogP) is 14.8. The molecule has 0 unspecified atom stereocenters. The molecule has 0 N–H and O–H groups in total. The van der Waals surface area contributed by atoms with Gasteiger partial charge in [-0.3, -0.25) is 0 Å². The molecule has 46 heavy (non-hydrogen) atoms. The summed E-state index contributed by atoms with van der Waals surface area (Å²) in [6.45, 7) is 4.64. The van der Waals surface area contributed by atoms with Crippen LogP contribution in [-0.2, 0) is 5.41 Å². The van der Waals surface area contributed by atoms with Crippen LogP contribution in [0.2, 0.25) is 0 Å². The highest BCUT2D eigenvalue weighted by Gasteiger charge is 2.43. The van der Waals surface area contributed by atoms with E-state index in [2.05, 4.69) is 121 Å². The van der Waals surface area contributed by atoms with Crippen LogP contribution in [0.1, 0.15) is 115 Å². The fraction of sp³-hybridized carbons (Fsp3) is 0.378. The van der Waals surface area contributed by atoms with E-state index in [1.54, 1.807) is 11.1 Å². The van der Waals surface area contributed by atoms with Gasteiger partial charge < -0.3 is 0 Å². The predicted molar refractivity (Wildman–Crippen MR) is 205 cm³/mol. The monoisotopic (exact) mass is 668 g/mol. The van der Waals surface area contributed by atoms with Crippen LogP contribution in [0, 0.1) is 0 Å². The van der Waals surface area contributed by atoms with Crippen molar-refractivity contribution >= 4 is 48.2 Å². The molecule has 0 spiro atoms. The van der Waals surface area contributed by atoms with Gasteiger partial charge in [-0.15, -0.1) is 0 Å². The van der Waals surface area contributed by atoms with E-state index in [-0.39, 0.29) is 5.41 Å². The van der Waals surface area contributed by atoms with Crippen LogP contribution in [0.15, 0.2) is 95.5 Å². The molecular weight excluding hydrogens is 620 g/mol. The lowest BCUT2D eigenvalue weighted by molar-refractivity contribution is 0.398. The van der Waals surface area contributed by atoms with Gasteiger partial charge in [0.05, 0.1) is 0 Å². The molecule has 0 atom stereocenters. The van der Waals surface area contributed by atoms with Gasteiger partial charge in [0, 0.05) is 9.89 Å². The Bertz CT molecular complexity index is 1860. The van der Waals surface area contributed by atoms with Gasteiger partial charge in [0.15, 0.2) is 0 Å². The zero-order valence-electron chi connectivity index (χ0n) is 27.9. The summed E-state index contributed by atoms with van der Waals surface area (Å²) in [7, 11) is 0. The molecule has 0 amide bonds. The van der Waals surface area contributed by atoms with Crippen LogP contribution >= 0.6 is 15.9 Å². The van der Waals surface area contributed by atoms with Crippen LogP contribution in [0.3, 0.4) is 0 Å². The van der Waals surface area contributed by atoms with Gasteiger partial charge in [-0.1, -0.05) is 174 Å². The largest absolute Gasteiger partial charge is 0.0654 e. The molecule has 0 aromatic heterocycles. The first-order valence-electron chi connectivity index (χ1n) is 18.3. The van der Waals surface area contributed by atoms with Gasteiger partial charge in [0.2, 0.25) is 0 Å². The first-order valence-corrected chi connectivity index (χ1v) is 19.1. The average molecular weight is 670 g/mol. The Balaban J connectivity index is 1.35. The molecular formula is C45H49Br. The second kappa shape index (κ2) is 13.9. The minimum Gasteiger partial charge on any atom is -0.0654 e. The topological polar surface area (TPSA) is 0 Å². The molecule has 1 aliphatic rings. The third-order valence-corrected chi connectivity index (χ3v) is 11.5. The molecule has 236 valence electrons. The summed E-state index contributed by atoms with van der Waals surface area (Å²) >= 11 is 3.74. The molecule has 6 aromatic rings. The van der Waals surface area contributed by atoms with Gasteiger partial charge in [-0.25, -0.2) is 0 Å². The number of benzene rings is 6. The van der Waals surface area contributed by atoms with Crippen LogP contribution in [0.5, 0.6) is 0 Å². The molecule has 7 rings (SSSR count). The second-order valence-electron chi connectivity index (χ2n) is 14.0. The molecule has 0 saturated heterocycles. The minimum absolute atomic E-state index is 0.0723. The zero-order chi connectivity index (χ0) is 31.5. The van der Waals surface area contributed by atoms with Crippen molar-refractivity contribution in [1.29, 1.82) is 0 Å².